The van der Waals surface area contributed by atoms with Gasteiger partial charge in [-0.1, -0.05) is 12.1 Å². The van der Waals surface area contributed by atoms with Crippen LogP contribution in [0.1, 0.15) is 21.6 Å². The maximum atomic E-state index is 12.6. The van der Waals surface area contributed by atoms with Gasteiger partial charge >= 0.3 is 0 Å². The fraction of sp³-hybridized carbons (Fsp3) is 0.294. The molecule has 0 aliphatic heterocycles. The molecule has 6 heteroatoms. The molecule has 0 aliphatic rings. The lowest BCUT2D eigenvalue weighted by molar-refractivity contribution is 0.0675. The molecule has 1 aromatic carbocycles. The molecular formula is C17H19N3O3. The van der Waals surface area contributed by atoms with Gasteiger partial charge in [-0.25, -0.2) is 0 Å². The number of carbonyl (C=O) groups excluding carboxylic acids is 1. The van der Waals surface area contributed by atoms with E-state index in [0.717, 1.165) is 11.3 Å². The first kappa shape index (κ1) is 16.6. The van der Waals surface area contributed by atoms with Crippen LogP contribution in [0.5, 0.6) is 5.75 Å². The monoisotopic (exact) mass is 313 g/mol. The summed E-state index contributed by atoms with van der Waals surface area (Å²) in [5, 5.41) is 8.88. The van der Waals surface area contributed by atoms with Crippen molar-refractivity contribution < 1.29 is 14.3 Å². The van der Waals surface area contributed by atoms with E-state index in [9.17, 15) is 4.79 Å². The van der Waals surface area contributed by atoms with E-state index in [1.54, 1.807) is 25.2 Å². The summed E-state index contributed by atoms with van der Waals surface area (Å²) >= 11 is 0. The van der Waals surface area contributed by atoms with Gasteiger partial charge in [-0.15, -0.1) is 0 Å². The van der Waals surface area contributed by atoms with E-state index in [-0.39, 0.29) is 5.91 Å². The molecule has 0 unspecified atom stereocenters. The predicted molar refractivity (Wildman–Crippen MR) is 85.1 cm³/mol. The van der Waals surface area contributed by atoms with Gasteiger partial charge in [0.25, 0.3) is 5.91 Å². The summed E-state index contributed by atoms with van der Waals surface area (Å²) in [4.78, 5) is 17.2. The first-order valence-electron chi connectivity index (χ1n) is 7.17. The van der Waals surface area contributed by atoms with E-state index in [1.807, 2.05) is 30.3 Å². The van der Waals surface area contributed by atoms with Gasteiger partial charge in [0, 0.05) is 26.4 Å². The van der Waals surface area contributed by atoms with Crippen molar-refractivity contribution in [2.75, 3.05) is 27.4 Å². The number of rotatable bonds is 7. The molecule has 1 N–H and O–H groups in total. The molecule has 0 aliphatic carbocycles. The first-order chi connectivity index (χ1) is 11.2. The van der Waals surface area contributed by atoms with Gasteiger partial charge in [-0.2, -0.15) is 5.26 Å². The Kier molecular flexibility index (Phi) is 5.78. The minimum Gasteiger partial charge on any atom is -0.497 e. The number of H-pyrrole nitrogens is 1. The Morgan fingerprint density at radius 2 is 2.17 bits per heavy atom. The number of aromatic nitrogens is 1. The lowest BCUT2D eigenvalue weighted by atomic mass is 10.2. The number of benzene rings is 1. The lowest BCUT2D eigenvalue weighted by Gasteiger charge is -2.22. The maximum Gasteiger partial charge on any atom is 0.270 e. The Bertz CT molecular complexity index is 703. The molecule has 0 saturated heterocycles. The predicted octanol–water partition coefficient (Wildman–Crippen LogP) is 2.18. The van der Waals surface area contributed by atoms with Crippen LogP contribution in [0.25, 0.3) is 0 Å². The highest BCUT2D eigenvalue weighted by Crippen LogP contribution is 2.16. The zero-order chi connectivity index (χ0) is 16.7. The van der Waals surface area contributed by atoms with Crippen molar-refractivity contribution in [3.05, 3.63) is 53.3 Å². The van der Waals surface area contributed by atoms with Gasteiger partial charge in [-0.05, 0) is 23.8 Å². The van der Waals surface area contributed by atoms with Gasteiger partial charge in [0.15, 0.2) is 0 Å². The second-order valence-electron chi connectivity index (χ2n) is 4.98. The fourth-order valence-corrected chi connectivity index (χ4v) is 2.20. The number of ether oxygens (including phenoxy) is 2. The number of nitrogens with zero attached hydrogens (tertiary/aromatic N) is 2. The number of hydrogen-bond acceptors (Lipinski definition) is 4. The van der Waals surface area contributed by atoms with Crippen molar-refractivity contribution in [3.63, 3.8) is 0 Å². The van der Waals surface area contributed by atoms with Crippen molar-refractivity contribution >= 4 is 5.91 Å². The van der Waals surface area contributed by atoms with Gasteiger partial charge in [0.1, 0.15) is 17.5 Å². The largest absolute Gasteiger partial charge is 0.497 e. The van der Waals surface area contributed by atoms with Crippen molar-refractivity contribution in [3.8, 4) is 11.8 Å². The van der Waals surface area contributed by atoms with Crippen LogP contribution < -0.4 is 4.74 Å². The number of methoxy groups -OCH3 is 2. The number of aromatic amines is 1. The maximum absolute atomic E-state index is 12.6. The molecule has 0 spiro atoms. The van der Waals surface area contributed by atoms with E-state index < -0.39 is 0 Å². The normalized spacial score (nSPS) is 10.1. The summed E-state index contributed by atoms with van der Waals surface area (Å²) in [5.74, 6) is 0.569. The molecule has 0 bridgehead atoms. The van der Waals surface area contributed by atoms with E-state index >= 15 is 0 Å². The summed E-state index contributed by atoms with van der Waals surface area (Å²) in [6, 6.07) is 11.1. The first-order valence-corrected chi connectivity index (χ1v) is 7.17. The zero-order valence-electron chi connectivity index (χ0n) is 13.2. The summed E-state index contributed by atoms with van der Waals surface area (Å²) < 4.78 is 10.3. The molecule has 1 aromatic heterocycles. The van der Waals surface area contributed by atoms with Crippen molar-refractivity contribution in [1.29, 1.82) is 5.26 Å². The molecule has 2 rings (SSSR count). The van der Waals surface area contributed by atoms with Crippen molar-refractivity contribution in [2.45, 2.75) is 6.54 Å². The third kappa shape index (κ3) is 4.34. The fourth-order valence-electron chi connectivity index (χ4n) is 2.20. The van der Waals surface area contributed by atoms with Crippen LogP contribution >= 0.6 is 0 Å². The van der Waals surface area contributed by atoms with E-state index in [4.69, 9.17) is 14.7 Å². The molecule has 0 radical (unpaired) electrons. The smallest absolute Gasteiger partial charge is 0.270 e. The zero-order valence-corrected chi connectivity index (χ0v) is 13.2. The lowest BCUT2D eigenvalue weighted by Crippen LogP contribution is -2.33. The van der Waals surface area contributed by atoms with Gasteiger partial charge in [0.2, 0.25) is 0 Å². The van der Waals surface area contributed by atoms with Crippen molar-refractivity contribution in [2.24, 2.45) is 0 Å². The number of nitrogens with one attached hydrogen (secondary N) is 1. The second kappa shape index (κ2) is 8.01. The average Bonchev–Trinajstić information content (AvgIpc) is 3.07. The van der Waals surface area contributed by atoms with E-state index in [0.29, 0.717) is 31.0 Å². The standard InChI is InChI=1S/C17H19N3O3/c1-22-7-6-20(12-13-4-3-5-15(8-13)23-2)17(21)16-9-14(10-18)11-19-16/h3-5,8-9,11,19H,6-7,12H2,1-2H3. The number of nitriles is 1. The van der Waals surface area contributed by atoms with Crippen LogP contribution in [0.15, 0.2) is 36.5 Å². The number of hydrogen-bond donors (Lipinski definition) is 1. The molecule has 0 saturated carbocycles. The Hall–Kier alpha value is -2.78. The molecule has 23 heavy (non-hydrogen) atoms. The number of amides is 1. The van der Waals surface area contributed by atoms with Crippen LogP contribution in [0.4, 0.5) is 0 Å². The van der Waals surface area contributed by atoms with Crippen LogP contribution in [-0.4, -0.2) is 43.2 Å². The van der Waals surface area contributed by atoms with E-state index in [2.05, 4.69) is 4.98 Å². The van der Waals surface area contributed by atoms with Crippen LogP contribution in [0.2, 0.25) is 0 Å². The highest BCUT2D eigenvalue weighted by Gasteiger charge is 2.18. The molecule has 0 atom stereocenters. The highest BCUT2D eigenvalue weighted by atomic mass is 16.5. The minimum atomic E-state index is -0.175. The molecule has 120 valence electrons. The van der Waals surface area contributed by atoms with Gasteiger partial charge < -0.3 is 19.4 Å². The molecule has 0 fully saturated rings. The topological polar surface area (TPSA) is 78.3 Å². The molecule has 1 amide bonds. The Morgan fingerprint density at radius 3 is 2.83 bits per heavy atom. The molecule has 1 heterocycles. The Balaban J connectivity index is 2.18. The van der Waals surface area contributed by atoms with Crippen LogP contribution in [-0.2, 0) is 11.3 Å². The molecule has 6 nitrogen and oxygen atoms in total. The third-order valence-electron chi connectivity index (χ3n) is 3.40. The minimum absolute atomic E-state index is 0.175. The summed E-state index contributed by atoms with van der Waals surface area (Å²) in [6.45, 7) is 1.31. The van der Waals surface area contributed by atoms with Crippen molar-refractivity contribution in [1.82, 2.24) is 9.88 Å². The molecule has 2 aromatic rings. The quantitative estimate of drug-likeness (QED) is 0.850. The van der Waals surface area contributed by atoms with E-state index in [1.165, 1.54) is 6.20 Å². The Morgan fingerprint density at radius 1 is 1.35 bits per heavy atom. The second-order valence-corrected chi connectivity index (χ2v) is 4.98. The molecular weight excluding hydrogens is 294 g/mol. The summed E-state index contributed by atoms with van der Waals surface area (Å²) in [7, 11) is 3.20. The SMILES string of the molecule is COCCN(Cc1cccc(OC)c1)C(=O)c1cc(C#N)c[nH]1. The average molecular weight is 313 g/mol. The Labute approximate surface area is 135 Å². The summed E-state index contributed by atoms with van der Waals surface area (Å²) in [6.07, 6.45) is 1.52. The van der Waals surface area contributed by atoms with Gasteiger partial charge in [0.05, 0.1) is 19.3 Å². The number of carbonyl (C=O) groups is 1. The van der Waals surface area contributed by atoms with Crippen LogP contribution in [0.3, 0.4) is 0 Å². The third-order valence-corrected chi connectivity index (χ3v) is 3.40. The summed E-state index contributed by atoms with van der Waals surface area (Å²) in [5.41, 5.74) is 1.78. The highest BCUT2D eigenvalue weighted by molar-refractivity contribution is 5.92. The van der Waals surface area contributed by atoms with Gasteiger partial charge in [-0.3, -0.25) is 4.79 Å². The van der Waals surface area contributed by atoms with Crippen LogP contribution in [0, 0.1) is 11.3 Å².